The van der Waals surface area contributed by atoms with Gasteiger partial charge in [0.15, 0.2) is 0 Å². The van der Waals surface area contributed by atoms with Gasteiger partial charge in [0.1, 0.15) is 0 Å². The highest BCUT2D eigenvalue weighted by Crippen LogP contribution is 2.57. The van der Waals surface area contributed by atoms with Crippen LogP contribution in [0.25, 0.3) is 83.3 Å². The maximum absolute atomic E-state index is 2.53. The molecule has 10 aromatic carbocycles. The van der Waals surface area contributed by atoms with Crippen molar-refractivity contribution in [1.82, 2.24) is 4.57 Å². The number of para-hydroxylation sites is 1. The molecule has 0 aliphatic heterocycles. The summed E-state index contributed by atoms with van der Waals surface area (Å²) in [5, 5.41) is 4.99. The lowest BCUT2D eigenvalue weighted by Gasteiger charge is -2.34. The topological polar surface area (TPSA) is 4.93 Å². The maximum Gasteiger partial charge on any atom is 0.0714 e. The fraction of sp³-hybridized carbons (Fsp3) is 0.0312. The quantitative estimate of drug-likeness (QED) is 0.157. The molecule has 0 fully saturated rings. The zero-order chi connectivity index (χ0) is 42.9. The van der Waals surface area contributed by atoms with Gasteiger partial charge in [-0.1, -0.05) is 218 Å². The minimum absolute atomic E-state index is 0.485. The normalized spacial score (nSPS) is 13.6. The number of rotatable bonds is 6. The van der Waals surface area contributed by atoms with Crippen molar-refractivity contribution in [3.63, 3.8) is 0 Å². The third-order valence-corrected chi connectivity index (χ3v) is 14.1. The summed E-state index contributed by atoms with van der Waals surface area (Å²) in [6, 6.07) is 85.6. The third kappa shape index (κ3) is 5.79. The van der Waals surface area contributed by atoms with Crippen molar-refractivity contribution >= 4 is 44.2 Å². The van der Waals surface area contributed by atoms with Gasteiger partial charge in [0.2, 0.25) is 0 Å². The number of hydrogen-bond donors (Lipinski definition) is 0. The molecular formula is C64H43N. The summed E-state index contributed by atoms with van der Waals surface area (Å²) in [4.78, 5) is 0. The van der Waals surface area contributed by atoms with Crippen LogP contribution in [0.2, 0.25) is 0 Å². The monoisotopic (exact) mass is 825 g/mol. The molecule has 2 aliphatic carbocycles. The largest absolute Gasteiger partial charge is 0.309 e. The summed E-state index contributed by atoms with van der Waals surface area (Å²) in [6.45, 7) is 0. The maximum atomic E-state index is 2.53. The first-order chi connectivity index (χ1) is 32.2. The van der Waals surface area contributed by atoms with Crippen molar-refractivity contribution in [2.24, 2.45) is 0 Å². The van der Waals surface area contributed by atoms with Gasteiger partial charge in [-0.15, -0.1) is 0 Å². The molecule has 304 valence electrons. The molecule has 1 nitrogen and oxygen atoms in total. The van der Waals surface area contributed by atoms with E-state index in [9.17, 15) is 0 Å². The predicted molar refractivity (Wildman–Crippen MR) is 274 cm³/mol. The molecule has 0 saturated heterocycles. The molecule has 2 aliphatic rings. The van der Waals surface area contributed by atoms with Gasteiger partial charge in [-0.2, -0.15) is 0 Å². The summed E-state index contributed by atoms with van der Waals surface area (Å²) in [5.74, 6) is 0. The van der Waals surface area contributed by atoms with E-state index in [4.69, 9.17) is 0 Å². The molecule has 13 rings (SSSR count). The van der Waals surface area contributed by atoms with Crippen molar-refractivity contribution < 1.29 is 0 Å². The van der Waals surface area contributed by atoms with Crippen molar-refractivity contribution in [2.75, 3.05) is 0 Å². The standard InChI is InChI=1S/C64H43N/c1-4-17-43(18-5-1)44-31-33-45(34-32-44)46-19-16-20-47-40-49(36-35-48(47)39-46)58-42-59-56-27-13-15-30-62(56)65(63(59)57-28-11-10-25-53(57)58)52-37-38-55-54-26-12-14-29-60(54)64(61(55)41-52,50-21-6-2-7-22-50)51-23-8-3-9-24-51/h1-38,40-42H,39H2. The average molecular weight is 826 g/mol. The van der Waals surface area contributed by atoms with Gasteiger partial charge in [0.25, 0.3) is 0 Å². The van der Waals surface area contributed by atoms with Gasteiger partial charge < -0.3 is 4.57 Å². The van der Waals surface area contributed by atoms with Gasteiger partial charge in [-0.25, -0.2) is 0 Å². The molecule has 0 amide bonds. The van der Waals surface area contributed by atoms with Crippen LogP contribution < -0.4 is 0 Å². The summed E-state index contributed by atoms with van der Waals surface area (Å²) < 4.78 is 2.53. The van der Waals surface area contributed by atoms with Crippen LogP contribution in [0, 0.1) is 0 Å². The molecule has 0 spiro atoms. The summed E-state index contributed by atoms with van der Waals surface area (Å²) in [7, 11) is 0. The Balaban J connectivity index is 0.960. The highest BCUT2D eigenvalue weighted by atomic mass is 15.0. The Kier molecular flexibility index (Phi) is 8.57. The fourth-order valence-corrected chi connectivity index (χ4v) is 11.2. The second kappa shape index (κ2) is 14.9. The lowest BCUT2D eigenvalue weighted by molar-refractivity contribution is 0.767. The first-order valence-electron chi connectivity index (χ1n) is 22.7. The lowest BCUT2D eigenvalue weighted by Crippen LogP contribution is -2.28. The Morgan fingerprint density at radius 3 is 1.75 bits per heavy atom. The molecule has 0 atom stereocenters. The number of aromatic nitrogens is 1. The van der Waals surface area contributed by atoms with Gasteiger partial charge >= 0.3 is 0 Å². The number of hydrogen-bond acceptors (Lipinski definition) is 0. The predicted octanol–water partition coefficient (Wildman–Crippen LogP) is 16.3. The molecular weight excluding hydrogens is 783 g/mol. The van der Waals surface area contributed by atoms with E-state index < -0.39 is 5.41 Å². The van der Waals surface area contributed by atoms with E-state index in [0.29, 0.717) is 0 Å². The Morgan fingerprint density at radius 1 is 0.385 bits per heavy atom. The molecule has 11 aromatic rings. The number of nitrogens with zero attached hydrogens (tertiary/aromatic N) is 1. The Hall–Kier alpha value is -8.26. The van der Waals surface area contributed by atoms with E-state index in [1.54, 1.807) is 0 Å². The highest BCUT2D eigenvalue weighted by molar-refractivity contribution is 6.22. The Bertz CT molecular complexity index is 3660. The zero-order valence-electron chi connectivity index (χ0n) is 35.8. The summed E-state index contributed by atoms with van der Waals surface area (Å²) in [5.41, 5.74) is 21.0. The Morgan fingerprint density at radius 2 is 0.985 bits per heavy atom. The van der Waals surface area contributed by atoms with E-state index in [2.05, 4.69) is 253 Å². The molecule has 1 aromatic heterocycles. The van der Waals surface area contributed by atoms with E-state index in [-0.39, 0.29) is 0 Å². The second-order valence-electron chi connectivity index (χ2n) is 17.6. The first-order valence-corrected chi connectivity index (χ1v) is 22.7. The van der Waals surface area contributed by atoms with Gasteiger partial charge in [-0.05, 0) is 120 Å². The van der Waals surface area contributed by atoms with Gasteiger partial charge in [-0.3, -0.25) is 0 Å². The van der Waals surface area contributed by atoms with Crippen LogP contribution in [0.1, 0.15) is 38.9 Å². The minimum Gasteiger partial charge on any atom is -0.309 e. The zero-order valence-corrected chi connectivity index (χ0v) is 35.8. The summed E-state index contributed by atoms with van der Waals surface area (Å²) in [6.07, 6.45) is 7.68. The molecule has 0 N–H and O–H groups in total. The average Bonchev–Trinajstić information content (AvgIpc) is 3.77. The molecule has 1 heterocycles. The van der Waals surface area contributed by atoms with Crippen LogP contribution in [0.5, 0.6) is 0 Å². The molecule has 0 saturated carbocycles. The van der Waals surface area contributed by atoms with E-state index in [1.807, 2.05) is 0 Å². The molecule has 0 radical (unpaired) electrons. The van der Waals surface area contributed by atoms with Gasteiger partial charge in [0.05, 0.1) is 16.4 Å². The van der Waals surface area contributed by atoms with E-state index in [0.717, 1.165) is 12.1 Å². The number of benzene rings is 10. The third-order valence-electron chi connectivity index (χ3n) is 14.1. The van der Waals surface area contributed by atoms with E-state index in [1.165, 1.54) is 110 Å². The van der Waals surface area contributed by atoms with Crippen molar-refractivity contribution in [3.8, 4) is 39.1 Å². The number of fused-ring (bicyclic) bond motifs is 9. The van der Waals surface area contributed by atoms with Crippen molar-refractivity contribution in [1.29, 1.82) is 0 Å². The van der Waals surface area contributed by atoms with Crippen LogP contribution in [0.4, 0.5) is 0 Å². The highest BCUT2D eigenvalue weighted by Gasteiger charge is 2.46. The smallest absolute Gasteiger partial charge is 0.0714 e. The first kappa shape index (κ1) is 37.3. The van der Waals surface area contributed by atoms with Crippen LogP contribution in [-0.2, 0) is 11.8 Å². The fourth-order valence-electron chi connectivity index (χ4n) is 11.2. The SMILES string of the molecule is C1=Cc2cc(-c3cc4c5ccccc5n(-c5ccc6c(c5)C(c5ccccc5)(c5ccccc5)c5ccccc5-6)c4c4ccccc34)ccc2CC(c2ccc(-c3ccccc3)cc2)=C1. The Labute approximate surface area is 379 Å². The van der Waals surface area contributed by atoms with Crippen molar-refractivity contribution in [2.45, 2.75) is 11.8 Å². The van der Waals surface area contributed by atoms with E-state index >= 15 is 0 Å². The summed E-state index contributed by atoms with van der Waals surface area (Å²) >= 11 is 0. The minimum atomic E-state index is -0.485. The lowest BCUT2D eigenvalue weighted by atomic mass is 9.67. The van der Waals surface area contributed by atoms with Crippen LogP contribution in [0.15, 0.2) is 243 Å². The molecule has 65 heavy (non-hydrogen) atoms. The molecule has 1 heteroatoms. The molecule has 0 unspecified atom stereocenters. The van der Waals surface area contributed by atoms with Crippen molar-refractivity contribution in [3.05, 3.63) is 282 Å². The molecule has 0 bridgehead atoms. The number of allylic oxidation sites excluding steroid dienone is 3. The van der Waals surface area contributed by atoms with Crippen LogP contribution in [0.3, 0.4) is 0 Å². The van der Waals surface area contributed by atoms with Gasteiger partial charge in [0, 0.05) is 21.8 Å². The van der Waals surface area contributed by atoms with Crippen LogP contribution in [-0.4, -0.2) is 4.57 Å². The van der Waals surface area contributed by atoms with Crippen LogP contribution >= 0.6 is 0 Å². The second-order valence-corrected chi connectivity index (χ2v) is 17.6.